The molecule has 0 bridgehead atoms. The number of nitrogens with one attached hydrogen (secondary N) is 1. The predicted octanol–water partition coefficient (Wildman–Crippen LogP) is 2.65. The highest BCUT2D eigenvalue weighted by Crippen LogP contribution is 2.18. The molecule has 6 nitrogen and oxygen atoms in total. The number of rotatable bonds is 6. The molecule has 1 aromatic heterocycles. The minimum Gasteiger partial charge on any atom is -0.461 e. The summed E-state index contributed by atoms with van der Waals surface area (Å²) in [4.78, 5) is 14.7. The van der Waals surface area contributed by atoms with Gasteiger partial charge in [0, 0.05) is 30.9 Å². The number of likely N-dealkylation sites (tertiary alicyclic amines) is 1. The predicted molar refractivity (Wildman–Crippen MR) is 104 cm³/mol. The van der Waals surface area contributed by atoms with Crippen LogP contribution in [0.3, 0.4) is 0 Å². The Morgan fingerprint density at radius 1 is 1.35 bits per heavy atom. The lowest BCUT2D eigenvalue weighted by atomic mass is 10.1. The second-order valence-electron chi connectivity index (χ2n) is 6.37. The van der Waals surface area contributed by atoms with Crippen LogP contribution < -0.4 is 5.32 Å². The normalized spacial score (nSPS) is 17.5. The molecule has 1 fully saturated rings. The summed E-state index contributed by atoms with van der Waals surface area (Å²) in [6.45, 7) is 4.89. The first-order chi connectivity index (χ1) is 12.2. The number of hydrogen-bond acceptors (Lipinski definition) is 5. The summed E-state index contributed by atoms with van der Waals surface area (Å²) in [5, 5.41) is 7.86. The highest BCUT2D eigenvalue weighted by Gasteiger charge is 2.23. The summed E-state index contributed by atoms with van der Waals surface area (Å²) in [7, 11) is 2.01. The number of piperidine rings is 1. The molecule has 2 aromatic rings. The van der Waals surface area contributed by atoms with Crippen molar-refractivity contribution in [3.63, 3.8) is 0 Å². The van der Waals surface area contributed by atoms with E-state index in [4.69, 9.17) is 4.74 Å². The first-order valence-corrected chi connectivity index (χ1v) is 8.92. The molecule has 1 aliphatic heterocycles. The van der Waals surface area contributed by atoms with Gasteiger partial charge in [-0.1, -0.05) is 18.2 Å². The SMILES string of the molecule is CCOC(=O)c1nn(-c2ccccc2)cc1CN1CCCC(NC)C1.Cl. The van der Waals surface area contributed by atoms with Crippen molar-refractivity contribution in [1.29, 1.82) is 0 Å². The van der Waals surface area contributed by atoms with Crippen molar-refractivity contribution in [2.24, 2.45) is 0 Å². The van der Waals surface area contributed by atoms with Gasteiger partial charge in [0.2, 0.25) is 0 Å². The molecule has 2 heterocycles. The maximum Gasteiger partial charge on any atom is 0.359 e. The van der Waals surface area contributed by atoms with Crippen LogP contribution >= 0.6 is 12.4 Å². The standard InChI is InChI=1S/C19H26N4O2.ClH/c1-3-25-19(24)18-15(12-22-11-7-8-16(14-22)20-2)13-23(21-18)17-9-5-4-6-10-17;/h4-6,9-10,13,16,20H,3,7-8,11-12,14H2,1-2H3;1H. The maximum absolute atomic E-state index is 12.3. The molecule has 26 heavy (non-hydrogen) atoms. The zero-order valence-electron chi connectivity index (χ0n) is 15.4. The lowest BCUT2D eigenvalue weighted by Gasteiger charge is -2.32. The molecule has 0 saturated carbocycles. The number of carbonyl (C=O) groups excluding carboxylic acids is 1. The molecule has 1 unspecified atom stereocenters. The topological polar surface area (TPSA) is 59.4 Å². The van der Waals surface area contributed by atoms with E-state index >= 15 is 0 Å². The third-order valence-corrected chi connectivity index (χ3v) is 4.59. The Hall–Kier alpha value is -1.89. The van der Waals surface area contributed by atoms with Gasteiger partial charge in [-0.2, -0.15) is 5.10 Å². The number of benzene rings is 1. The molecule has 1 aromatic carbocycles. The first kappa shape index (κ1) is 20.4. The Bertz CT molecular complexity index is 705. The fourth-order valence-electron chi connectivity index (χ4n) is 3.29. The van der Waals surface area contributed by atoms with Crippen molar-refractivity contribution in [1.82, 2.24) is 20.0 Å². The Morgan fingerprint density at radius 2 is 2.12 bits per heavy atom. The molecule has 1 saturated heterocycles. The Balaban J connectivity index is 0.00000243. The van der Waals surface area contributed by atoms with E-state index in [1.165, 1.54) is 6.42 Å². The van der Waals surface area contributed by atoms with Crippen molar-refractivity contribution < 1.29 is 9.53 Å². The number of ether oxygens (including phenoxy) is 1. The van der Waals surface area contributed by atoms with Gasteiger partial charge in [-0.3, -0.25) is 4.90 Å². The minimum absolute atomic E-state index is 0. The number of likely N-dealkylation sites (N-methyl/N-ethyl adjacent to an activating group) is 1. The fraction of sp³-hybridized carbons (Fsp3) is 0.474. The van der Waals surface area contributed by atoms with Gasteiger partial charge >= 0.3 is 5.97 Å². The van der Waals surface area contributed by atoms with Crippen molar-refractivity contribution in [2.45, 2.75) is 32.4 Å². The number of hydrogen-bond donors (Lipinski definition) is 1. The molecule has 1 N–H and O–H groups in total. The van der Waals surface area contributed by atoms with Crippen LogP contribution in [0.25, 0.3) is 5.69 Å². The van der Waals surface area contributed by atoms with Crippen molar-refractivity contribution in [2.75, 3.05) is 26.7 Å². The summed E-state index contributed by atoms with van der Waals surface area (Å²) in [6.07, 6.45) is 4.30. The van der Waals surface area contributed by atoms with E-state index in [2.05, 4.69) is 15.3 Å². The summed E-state index contributed by atoms with van der Waals surface area (Å²) >= 11 is 0. The van der Waals surface area contributed by atoms with E-state index in [9.17, 15) is 4.79 Å². The van der Waals surface area contributed by atoms with Crippen molar-refractivity contribution in [3.05, 3.63) is 47.8 Å². The number of carbonyl (C=O) groups is 1. The molecule has 7 heteroatoms. The van der Waals surface area contributed by atoms with Crippen LogP contribution in [0.4, 0.5) is 0 Å². The molecule has 0 spiro atoms. The van der Waals surface area contributed by atoms with Gasteiger partial charge in [0.05, 0.1) is 12.3 Å². The lowest BCUT2D eigenvalue weighted by Crippen LogP contribution is -2.44. The molecular formula is C19H27ClN4O2. The van der Waals surface area contributed by atoms with Crippen LogP contribution in [0.2, 0.25) is 0 Å². The monoisotopic (exact) mass is 378 g/mol. The summed E-state index contributed by atoms with van der Waals surface area (Å²) in [6, 6.07) is 10.3. The quantitative estimate of drug-likeness (QED) is 0.783. The van der Waals surface area contributed by atoms with Crippen LogP contribution in [-0.4, -0.2) is 53.4 Å². The van der Waals surface area contributed by atoms with Gasteiger partial charge in [-0.15, -0.1) is 12.4 Å². The van der Waals surface area contributed by atoms with Crippen LogP contribution in [0.5, 0.6) is 0 Å². The van der Waals surface area contributed by atoms with Crippen LogP contribution in [0.15, 0.2) is 36.5 Å². The van der Waals surface area contributed by atoms with E-state index < -0.39 is 0 Å². The van der Waals surface area contributed by atoms with E-state index in [1.54, 1.807) is 4.68 Å². The van der Waals surface area contributed by atoms with Gasteiger partial charge in [0.15, 0.2) is 5.69 Å². The molecule has 0 aliphatic carbocycles. The smallest absolute Gasteiger partial charge is 0.359 e. The summed E-state index contributed by atoms with van der Waals surface area (Å²) < 4.78 is 6.97. The van der Waals surface area contributed by atoms with Gasteiger partial charge in [-0.25, -0.2) is 9.48 Å². The average molecular weight is 379 g/mol. The number of nitrogens with zero attached hydrogens (tertiary/aromatic N) is 3. The molecule has 0 amide bonds. The Morgan fingerprint density at radius 3 is 2.81 bits per heavy atom. The summed E-state index contributed by atoms with van der Waals surface area (Å²) in [5.41, 5.74) is 2.27. The van der Waals surface area contributed by atoms with Crippen molar-refractivity contribution >= 4 is 18.4 Å². The zero-order valence-corrected chi connectivity index (χ0v) is 16.2. The zero-order chi connectivity index (χ0) is 17.6. The van der Waals surface area contributed by atoms with Gasteiger partial charge in [0.1, 0.15) is 0 Å². The fourth-order valence-corrected chi connectivity index (χ4v) is 3.29. The Kier molecular flexibility index (Phi) is 7.63. The molecular weight excluding hydrogens is 352 g/mol. The average Bonchev–Trinajstić information content (AvgIpc) is 3.07. The molecule has 0 radical (unpaired) electrons. The van der Waals surface area contributed by atoms with Crippen LogP contribution in [-0.2, 0) is 11.3 Å². The second kappa shape index (κ2) is 9.71. The van der Waals surface area contributed by atoms with E-state index in [0.717, 1.165) is 30.8 Å². The largest absolute Gasteiger partial charge is 0.461 e. The highest BCUT2D eigenvalue weighted by molar-refractivity contribution is 5.88. The van der Waals surface area contributed by atoms with Gasteiger partial charge < -0.3 is 10.1 Å². The maximum atomic E-state index is 12.3. The molecule has 3 rings (SSSR count). The number of esters is 1. The van der Waals surface area contributed by atoms with E-state index in [1.807, 2.05) is 50.5 Å². The van der Waals surface area contributed by atoms with Crippen molar-refractivity contribution in [3.8, 4) is 5.69 Å². The van der Waals surface area contributed by atoms with E-state index in [-0.39, 0.29) is 18.4 Å². The Labute approximate surface area is 160 Å². The third-order valence-electron chi connectivity index (χ3n) is 4.59. The van der Waals surface area contributed by atoms with E-state index in [0.29, 0.717) is 24.9 Å². The molecule has 1 aliphatic rings. The first-order valence-electron chi connectivity index (χ1n) is 8.92. The van der Waals surface area contributed by atoms with Crippen LogP contribution in [0, 0.1) is 0 Å². The summed E-state index contributed by atoms with van der Waals surface area (Å²) in [5.74, 6) is -0.352. The lowest BCUT2D eigenvalue weighted by molar-refractivity contribution is 0.0516. The number of aromatic nitrogens is 2. The van der Waals surface area contributed by atoms with Crippen LogP contribution in [0.1, 0.15) is 35.8 Å². The third kappa shape index (κ3) is 4.84. The van der Waals surface area contributed by atoms with Gasteiger partial charge in [0.25, 0.3) is 0 Å². The number of halogens is 1. The highest BCUT2D eigenvalue weighted by atomic mass is 35.5. The molecule has 142 valence electrons. The number of para-hydroxylation sites is 1. The van der Waals surface area contributed by atoms with Gasteiger partial charge in [-0.05, 0) is 45.5 Å². The second-order valence-corrected chi connectivity index (χ2v) is 6.37. The molecule has 1 atom stereocenters. The minimum atomic E-state index is -0.352.